The normalized spacial score (nSPS) is 19.6. The summed E-state index contributed by atoms with van der Waals surface area (Å²) in [6.45, 7) is 1.10. The van der Waals surface area contributed by atoms with Gasteiger partial charge in [0.05, 0.1) is 4.34 Å². The summed E-state index contributed by atoms with van der Waals surface area (Å²) in [5.74, 6) is 1.05. The highest BCUT2D eigenvalue weighted by Crippen LogP contribution is 2.30. The molecule has 0 bridgehead atoms. The fraction of sp³-hybridized carbons (Fsp3) is 0.600. The maximum atomic E-state index is 12.2. The van der Waals surface area contributed by atoms with Crippen molar-refractivity contribution in [2.24, 2.45) is 5.92 Å². The topological polar surface area (TPSA) is 37.4 Å². The summed E-state index contributed by atoms with van der Waals surface area (Å²) in [4.78, 5) is 0. The van der Waals surface area contributed by atoms with Gasteiger partial charge in [-0.25, -0.2) is 8.42 Å². The molecule has 1 saturated heterocycles. The van der Waals surface area contributed by atoms with Crippen molar-refractivity contribution in [3.8, 4) is 0 Å². The highest BCUT2D eigenvalue weighted by atomic mass is 35.5. The van der Waals surface area contributed by atoms with Gasteiger partial charge in [0.25, 0.3) is 10.0 Å². The fourth-order valence-electron chi connectivity index (χ4n) is 1.87. The Kier molecular flexibility index (Phi) is 4.36. The number of sulfonamides is 1. The summed E-state index contributed by atoms with van der Waals surface area (Å²) in [7, 11) is -3.35. The Morgan fingerprint density at radius 1 is 1.35 bits per heavy atom. The van der Waals surface area contributed by atoms with Crippen molar-refractivity contribution in [3.05, 3.63) is 16.5 Å². The summed E-state index contributed by atoms with van der Waals surface area (Å²) in [6, 6.07) is 3.18. The number of nitrogens with zero attached hydrogens (tertiary/aromatic N) is 1. The van der Waals surface area contributed by atoms with Crippen LogP contribution in [0.3, 0.4) is 0 Å². The molecule has 1 fully saturated rings. The zero-order valence-electron chi connectivity index (χ0n) is 9.10. The highest BCUT2D eigenvalue weighted by Gasteiger charge is 2.29. The van der Waals surface area contributed by atoms with Crippen LogP contribution in [0.1, 0.15) is 12.8 Å². The second-order valence-corrected chi connectivity index (χ2v) is 8.25. The van der Waals surface area contributed by atoms with Gasteiger partial charge in [0.2, 0.25) is 0 Å². The van der Waals surface area contributed by atoms with Crippen molar-refractivity contribution in [3.63, 3.8) is 0 Å². The minimum Gasteiger partial charge on any atom is -0.206 e. The molecular weight excluding hydrogens is 301 g/mol. The highest BCUT2D eigenvalue weighted by molar-refractivity contribution is 7.91. The monoisotopic (exact) mass is 313 g/mol. The van der Waals surface area contributed by atoms with Crippen molar-refractivity contribution in [2.75, 3.05) is 19.0 Å². The summed E-state index contributed by atoms with van der Waals surface area (Å²) in [6.07, 6.45) is 1.67. The standard InChI is InChI=1S/C10H13Cl2NO2S2/c11-7-8-3-5-13(6-4-8)17(14,15)10-2-1-9(12)16-10/h1-2,8H,3-7H2. The third-order valence-corrected chi connectivity index (χ3v) is 6.97. The largest absolute Gasteiger partial charge is 0.252 e. The average molecular weight is 314 g/mol. The Morgan fingerprint density at radius 2 is 2.00 bits per heavy atom. The van der Waals surface area contributed by atoms with Crippen molar-refractivity contribution < 1.29 is 8.42 Å². The van der Waals surface area contributed by atoms with Crippen LogP contribution in [-0.2, 0) is 10.0 Å². The lowest BCUT2D eigenvalue weighted by Crippen LogP contribution is -2.38. The SMILES string of the molecule is O=S(=O)(c1ccc(Cl)s1)N1CCC(CCl)CC1. The van der Waals surface area contributed by atoms with E-state index >= 15 is 0 Å². The molecular formula is C10H13Cl2NO2S2. The zero-order chi connectivity index (χ0) is 12.5. The lowest BCUT2D eigenvalue weighted by atomic mass is 10.0. The molecule has 7 heteroatoms. The fourth-order valence-corrected chi connectivity index (χ4v) is 5.28. The molecule has 0 unspecified atom stereocenters. The van der Waals surface area contributed by atoms with Gasteiger partial charge in [-0.3, -0.25) is 0 Å². The third kappa shape index (κ3) is 2.96. The maximum absolute atomic E-state index is 12.2. The number of rotatable bonds is 3. The van der Waals surface area contributed by atoms with Gasteiger partial charge in [0.1, 0.15) is 4.21 Å². The second kappa shape index (κ2) is 5.45. The van der Waals surface area contributed by atoms with Crippen LogP contribution in [0, 0.1) is 5.92 Å². The average Bonchev–Trinajstić information content (AvgIpc) is 2.77. The van der Waals surface area contributed by atoms with E-state index in [0.717, 1.165) is 24.2 Å². The lowest BCUT2D eigenvalue weighted by Gasteiger charge is -2.29. The number of hydrogen-bond donors (Lipinski definition) is 0. The molecule has 2 rings (SSSR count). The summed E-state index contributed by atoms with van der Waals surface area (Å²) in [5.41, 5.74) is 0. The number of thiophene rings is 1. The Labute approximate surface area is 115 Å². The molecule has 1 aromatic heterocycles. The predicted molar refractivity (Wildman–Crippen MR) is 71.5 cm³/mol. The molecule has 1 aliphatic rings. The molecule has 0 aliphatic carbocycles. The first-order valence-corrected chi connectivity index (χ1v) is 8.52. The molecule has 0 amide bonds. The van der Waals surface area contributed by atoms with Crippen LogP contribution in [0.5, 0.6) is 0 Å². The van der Waals surface area contributed by atoms with E-state index in [9.17, 15) is 8.42 Å². The van der Waals surface area contributed by atoms with Crippen LogP contribution in [-0.4, -0.2) is 31.7 Å². The Hall–Kier alpha value is 0.190. The van der Waals surface area contributed by atoms with E-state index < -0.39 is 10.0 Å². The number of piperidine rings is 1. The van der Waals surface area contributed by atoms with Crippen LogP contribution in [0.15, 0.2) is 16.3 Å². The summed E-state index contributed by atoms with van der Waals surface area (Å²) >= 11 is 12.7. The van der Waals surface area contributed by atoms with Crippen molar-refractivity contribution in [2.45, 2.75) is 17.1 Å². The minimum atomic E-state index is -3.35. The Bertz CT molecular complexity index is 478. The van der Waals surface area contributed by atoms with E-state index in [0.29, 0.717) is 33.4 Å². The molecule has 0 radical (unpaired) electrons. The van der Waals surface area contributed by atoms with Crippen LogP contribution >= 0.6 is 34.5 Å². The predicted octanol–water partition coefficient (Wildman–Crippen LogP) is 3.04. The lowest BCUT2D eigenvalue weighted by molar-refractivity contribution is 0.290. The van der Waals surface area contributed by atoms with Gasteiger partial charge in [-0.15, -0.1) is 22.9 Å². The first kappa shape index (κ1) is 13.6. The molecule has 0 atom stereocenters. The summed E-state index contributed by atoms with van der Waals surface area (Å²) < 4.78 is 26.8. The van der Waals surface area contributed by atoms with Crippen molar-refractivity contribution in [1.82, 2.24) is 4.31 Å². The van der Waals surface area contributed by atoms with E-state index in [1.807, 2.05) is 0 Å². The molecule has 96 valence electrons. The van der Waals surface area contributed by atoms with Gasteiger partial charge in [-0.1, -0.05) is 11.6 Å². The molecule has 0 spiro atoms. The van der Waals surface area contributed by atoms with Crippen molar-refractivity contribution >= 4 is 44.6 Å². The van der Waals surface area contributed by atoms with Crippen LogP contribution < -0.4 is 0 Å². The second-order valence-electron chi connectivity index (χ2n) is 4.06. The van der Waals surface area contributed by atoms with Gasteiger partial charge >= 0.3 is 0 Å². The molecule has 0 aromatic carbocycles. The van der Waals surface area contributed by atoms with Gasteiger partial charge in [-0.05, 0) is 30.9 Å². The van der Waals surface area contributed by atoms with Crippen molar-refractivity contribution in [1.29, 1.82) is 0 Å². The Morgan fingerprint density at radius 3 is 2.47 bits per heavy atom. The van der Waals surface area contributed by atoms with E-state index in [4.69, 9.17) is 23.2 Å². The van der Waals surface area contributed by atoms with E-state index in [1.165, 1.54) is 4.31 Å². The minimum absolute atomic E-state index is 0.326. The maximum Gasteiger partial charge on any atom is 0.252 e. The molecule has 0 N–H and O–H groups in total. The Balaban J connectivity index is 2.12. The molecule has 2 heterocycles. The number of halogens is 2. The van der Waals surface area contributed by atoms with Gasteiger partial charge in [0.15, 0.2) is 0 Å². The van der Waals surface area contributed by atoms with Crippen LogP contribution in [0.4, 0.5) is 0 Å². The van der Waals surface area contributed by atoms with E-state index in [1.54, 1.807) is 12.1 Å². The smallest absolute Gasteiger partial charge is 0.206 e. The molecule has 17 heavy (non-hydrogen) atoms. The van der Waals surface area contributed by atoms with Gasteiger partial charge in [0, 0.05) is 19.0 Å². The van der Waals surface area contributed by atoms with Crippen LogP contribution in [0.2, 0.25) is 4.34 Å². The third-order valence-electron chi connectivity index (χ3n) is 2.93. The van der Waals surface area contributed by atoms with Gasteiger partial charge < -0.3 is 0 Å². The zero-order valence-corrected chi connectivity index (χ0v) is 12.2. The quantitative estimate of drug-likeness (QED) is 0.804. The van der Waals surface area contributed by atoms with E-state index in [-0.39, 0.29) is 0 Å². The molecule has 3 nitrogen and oxygen atoms in total. The first-order chi connectivity index (χ1) is 8.04. The molecule has 1 aromatic rings. The number of hydrogen-bond acceptors (Lipinski definition) is 3. The first-order valence-electron chi connectivity index (χ1n) is 5.35. The number of alkyl halides is 1. The van der Waals surface area contributed by atoms with Crippen LogP contribution in [0.25, 0.3) is 0 Å². The van der Waals surface area contributed by atoms with E-state index in [2.05, 4.69) is 0 Å². The summed E-state index contributed by atoms with van der Waals surface area (Å²) in [5, 5.41) is 0. The van der Waals surface area contributed by atoms with Gasteiger partial charge in [-0.2, -0.15) is 4.31 Å². The molecule has 1 aliphatic heterocycles. The molecule has 0 saturated carbocycles.